The maximum Gasteiger partial charge on any atom is 0.335 e. The van der Waals surface area contributed by atoms with Crippen molar-refractivity contribution in [3.8, 4) is 0 Å². The van der Waals surface area contributed by atoms with Gasteiger partial charge in [-0.3, -0.25) is 0 Å². The van der Waals surface area contributed by atoms with Gasteiger partial charge in [0.05, 0.1) is 34.7 Å². The topological polar surface area (TPSA) is 81.2 Å². The SMILES string of the molecule is Cc1noc(C)c1C(C)n1cnc2ccc(C(=O)O)cc21. The first-order valence-electron chi connectivity index (χ1n) is 6.61. The van der Waals surface area contributed by atoms with Gasteiger partial charge in [-0.2, -0.15) is 0 Å². The third-order valence-corrected chi connectivity index (χ3v) is 3.75. The molecule has 2 heterocycles. The van der Waals surface area contributed by atoms with Crippen LogP contribution in [0.4, 0.5) is 0 Å². The molecule has 6 nitrogen and oxygen atoms in total. The van der Waals surface area contributed by atoms with Gasteiger partial charge in [0.25, 0.3) is 0 Å². The fraction of sp³-hybridized carbons (Fsp3) is 0.267. The van der Waals surface area contributed by atoms with Crippen LogP contribution in [0.5, 0.6) is 0 Å². The van der Waals surface area contributed by atoms with Gasteiger partial charge in [-0.1, -0.05) is 5.16 Å². The summed E-state index contributed by atoms with van der Waals surface area (Å²) in [5, 5.41) is 13.1. The maximum absolute atomic E-state index is 11.1. The number of carboxylic acids is 1. The van der Waals surface area contributed by atoms with Gasteiger partial charge in [-0.05, 0) is 39.0 Å². The van der Waals surface area contributed by atoms with Crippen LogP contribution >= 0.6 is 0 Å². The molecule has 0 saturated heterocycles. The number of rotatable bonds is 3. The van der Waals surface area contributed by atoms with Crippen LogP contribution in [0.3, 0.4) is 0 Å². The van der Waals surface area contributed by atoms with E-state index in [1.807, 2.05) is 25.3 Å². The number of aromatic carboxylic acids is 1. The molecule has 0 bridgehead atoms. The van der Waals surface area contributed by atoms with Crippen molar-refractivity contribution < 1.29 is 14.4 Å². The number of carboxylic acid groups (broad SMARTS) is 1. The van der Waals surface area contributed by atoms with E-state index in [0.717, 1.165) is 28.1 Å². The highest BCUT2D eigenvalue weighted by molar-refractivity contribution is 5.92. The molecule has 1 aromatic carbocycles. The minimum atomic E-state index is -0.949. The Morgan fingerprint density at radius 1 is 1.38 bits per heavy atom. The smallest absolute Gasteiger partial charge is 0.335 e. The van der Waals surface area contributed by atoms with Gasteiger partial charge in [-0.25, -0.2) is 9.78 Å². The molecule has 2 aromatic heterocycles. The Morgan fingerprint density at radius 3 is 2.76 bits per heavy atom. The molecule has 1 unspecified atom stereocenters. The van der Waals surface area contributed by atoms with E-state index in [9.17, 15) is 4.79 Å². The first kappa shape index (κ1) is 13.4. The summed E-state index contributed by atoms with van der Waals surface area (Å²) >= 11 is 0. The molecule has 6 heteroatoms. The number of carbonyl (C=O) groups is 1. The molecule has 21 heavy (non-hydrogen) atoms. The molecule has 1 atom stereocenters. The van der Waals surface area contributed by atoms with Crippen molar-refractivity contribution in [2.24, 2.45) is 0 Å². The Hall–Kier alpha value is -2.63. The molecule has 0 saturated carbocycles. The summed E-state index contributed by atoms with van der Waals surface area (Å²) in [6.45, 7) is 5.78. The fourth-order valence-corrected chi connectivity index (χ4v) is 2.69. The Bertz CT molecular complexity index is 812. The highest BCUT2D eigenvalue weighted by atomic mass is 16.5. The summed E-state index contributed by atoms with van der Waals surface area (Å²) < 4.78 is 7.15. The van der Waals surface area contributed by atoms with E-state index in [2.05, 4.69) is 10.1 Å². The second-order valence-electron chi connectivity index (χ2n) is 5.07. The van der Waals surface area contributed by atoms with Crippen molar-refractivity contribution in [2.45, 2.75) is 26.8 Å². The Balaban J connectivity index is 2.16. The van der Waals surface area contributed by atoms with E-state index < -0.39 is 5.97 Å². The van der Waals surface area contributed by atoms with Crippen LogP contribution in [0.15, 0.2) is 29.0 Å². The summed E-state index contributed by atoms with van der Waals surface area (Å²) in [6, 6.07) is 4.88. The average Bonchev–Trinajstić information content (AvgIpc) is 3.01. The Labute approximate surface area is 121 Å². The van der Waals surface area contributed by atoms with E-state index in [4.69, 9.17) is 9.63 Å². The number of aromatic nitrogens is 3. The average molecular weight is 285 g/mol. The van der Waals surface area contributed by atoms with E-state index >= 15 is 0 Å². The van der Waals surface area contributed by atoms with Gasteiger partial charge < -0.3 is 14.2 Å². The maximum atomic E-state index is 11.1. The second-order valence-corrected chi connectivity index (χ2v) is 5.07. The second kappa shape index (κ2) is 4.73. The number of hydrogen-bond donors (Lipinski definition) is 1. The molecule has 0 aliphatic heterocycles. The summed E-state index contributed by atoms with van der Waals surface area (Å²) in [5.74, 6) is -0.189. The number of hydrogen-bond acceptors (Lipinski definition) is 4. The van der Waals surface area contributed by atoms with Gasteiger partial charge in [0.15, 0.2) is 0 Å². The van der Waals surface area contributed by atoms with Crippen molar-refractivity contribution in [3.05, 3.63) is 47.1 Å². The minimum absolute atomic E-state index is 0.0368. The van der Waals surface area contributed by atoms with Crippen LogP contribution in [0, 0.1) is 13.8 Å². The predicted molar refractivity (Wildman–Crippen MR) is 76.5 cm³/mol. The van der Waals surface area contributed by atoms with Gasteiger partial charge in [0.1, 0.15) is 5.76 Å². The normalized spacial score (nSPS) is 12.7. The van der Waals surface area contributed by atoms with Crippen molar-refractivity contribution in [1.29, 1.82) is 0 Å². The summed E-state index contributed by atoms with van der Waals surface area (Å²) in [7, 11) is 0. The minimum Gasteiger partial charge on any atom is -0.478 e. The lowest BCUT2D eigenvalue weighted by Gasteiger charge is -2.14. The van der Waals surface area contributed by atoms with Crippen LogP contribution in [-0.2, 0) is 0 Å². The molecule has 3 aromatic rings. The summed E-state index contributed by atoms with van der Waals surface area (Å²) in [4.78, 5) is 15.5. The molecule has 0 amide bonds. The molecule has 0 spiro atoms. The first-order chi connectivity index (χ1) is 9.99. The zero-order chi connectivity index (χ0) is 15.1. The number of aryl methyl sites for hydroxylation is 2. The van der Waals surface area contributed by atoms with Crippen molar-refractivity contribution in [1.82, 2.24) is 14.7 Å². The molecule has 3 rings (SSSR count). The lowest BCUT2D eigenvalue weighted by Crippen LogP contribution is -2.08. The van der Waals surface area contributed by atoms with Crippen molar-refractivity contribution >= 4 is 17.0 Å². The molecular formula is C15H15N3O3. The van der Waals surface area contributed by atoms with E-state index in [0.29, 0.717) is 0 Å². The highest BCUT2D eigenvalue weighted by Crippen LogP contribution is 2.28. The van der Waals surface area contributed by atoms with E-state index in [-0.39, 0.29) is 11.6 Å². The van der Waals surface area contributed by atoms with Gasteiger partial charge in [-0.15, -0.1) is 0 Å². The molecule has 0 fully saturated rings. The lowest BCUT2D eigenvalue weighted by molar-refractivity contribution is 0.0697. The molecular weight excluding hydrogens is 270 g/mol. The largest absolute Gasteiger partial charge is 0.478 e. The Morgan fingerprint density at radius 2 is 2.14 bits per heavy atom. The van der Waals surface area contributed by atoms with Crippen LogP contribution in [-0.4, -0.2) is 25.8 Å². The quantitative estimate of drug-likeness (QED) is 0.800. The van der Waals surface area contributed by atoms with Crippen molar-refractivity contribution in [2.75, 3.05) is 0 Å². The zero-order valence-electron chi connectivity index (χ0n) is 12.0. The number of imidazole rings is 1. The molecule has 0 radical (unpaired) electrons. The molecule has 1 N–H and O–H groups in total. The third kappa shape index (κ3) is 2.08. The standard InChI is InChI=1S/C15H15N3O3/c1-8-14(10(3)21-17-8)9(2)18-7-16-12-5-4-11(15(19)20)6-13(12)18/h4-7,9H,1-3H3,(H,19,20). The highest BCUT2D eigenvalue weighted by Gasteiger charge is 2.20. The van der Waals surface area contributed by atoms with Gasteiger partial charge in [0.2, 0.25) is 0 Å². The van der Waals surface area contributed by atoms with Crippen LogP contribution in [0.1, 0.15) is 40.3 Å². The van der Waals surface area contributed by atoms with Crippen LogP contribution < -0.4 is 0 Å². The number of fused-ring (bicyclic) bond motifs is 1. The molecule has 0 aliphatic carbocycles. The monoisotopic (exact) mass is 285 g/mol. The lowest BCUT2D eigenvalue weighted by atomic mass is 10.1. The number of benzene rings is 1. The zero-order valence-corrected chi connectivity index (χ0v) is 12.0. The molecule has 108 valence electrons. The van der Waals surface area contributed by atoms with Crippen molar-refractivity contribution in [3.63, 3.8) is 0 Å². The summed E-state index contributed by atoms with van der Waals surface area (Å²) in [6.07, 6.45) is 1.72. The van der Waals surface area contributed by atoms with Crippen LogP contribution in [0.2, 0.25) is 0 Å². The third-order valence-electron chi connectivity index (χ3n) is 3.75. The molecule has 0 aliphatic rings. The number of nitrogens with zero attached hydrogens (tertiary/aromatic N) is 3. The van der Waals surface area contributed by atoms with Crippen LogP contribution in [0.25, 0.3) is 11.0 Å². The fourth-order valence-electron chi connectivity index (χ4n) is 2.69. The van der Waals surface area contributed by atoms with Gasteiger partial charge >= 0.3 is 5.97 Å². The first-order valence-corrected chi connectivity index (χ1v) is 6.61. The van der Waals surface area contributed by atoms with E-state index in [1.165, 1.54) is 0 Å². The summed E-state index contributed by atoms with van der Waals surface area (Å²) in [5.41, 5.74) is 3.61. The Kier molecular flexibility index (Phi) is 3.01. The van der Waals surface area contributed by atoms with Gasteiger partial charge in [0, 0.05) is 5.56 Å². The van der Waals surface area contributed by atoms with E-state index in [1.54, 1.807) is 24.5 Å². The predicted octanol–water partition coefficient (Wildman–Crippen LogP) is 2.95.